The van der Waals surface area contributed by atoms with Gasteiger partial charge >= 0.3 is 0 Å². The summed E-state index contributed by atoms with van der Waals surface area (Å²) in [4.78, 5) is 17.3. The van der Waals surface area contributed by atoms with E-state index in [1.165, 1.54) is 48.0 Å². The number of sulfonamides is 1. The molecule has 3 aromatic rings. The van der Waals surface area contributed by atoms with Crippen LogP contribution in [0.25, 0.3) is 0 Å². The van der Waals surface area contributed by atoms with Gasteiger partial charge in [-0.2, -0.15) is 0 Å². The second kappa shape index (κ2) is 9.54. The normalized spacial score (nSPS) is 16.0. The summed E-state index contributed by atoms with van der Waals surface area (Å²) in [5.74, 6) is -0.262. The van der Waals surface area contributed by atoms with Crippen molar-refractivity contribution in [2.24, 2.45) is 0 Å². The van der Waals surface area contributed by atoms with Crippen LogP contribution in [0.3, 0.4) is 0 Å². The summed E-state index contributed by atoms with van der Waals surface area (Å²) in [6, 6.07) is 8.65. The Morgan fingerprint density at radius 3 is 2.73 bits per heavy atom. The first-order valence-electron chi connectivity index (χ1n) is 10.0. The van der Waals surface area contributed by atoms with E-state index in [2.05, 4.69) is 20.3 Å². The number of rotatable bonds is 7. The van der Waals surface area contributed by atoms with Crippen molar-refractivity contribution in [2.75, 3.05) is 28.0 Å². The van der Waals surface area contributed by atoms with Gasteiger partial charge in [0.15, 0.2) is 5.82 Å². The van der Waals surface area contributed by atoms with Crippen LogP contribution in [0.4, 0.5) is 27.3 Å². The molecule has 0 saturated carbocycles. The van der Waals surface area contributed by atoms with Crippen molar-refractivity contribution in [3.63, 3.8) is 0 Å². The lowest BCUT2D eigenvalue weighted by molar-refractivity contribution is -0.119. The third-order valence-corrected chi connectivity index (χ3v) is 7.34. The van der Waals surface area contributed by atoms with Crippen LogP contribution in [0.15, 0.2) is 52.2 Å². The number of hydrogen-bond acceptors (Lipinski definition) is 7. The number of anilines is 4. The molecule has 2 heterocycles. The van der Waals surface area contributed by atoms with Crippen molar-refractivity contribution in [1.29, 1.82) is 0 Å². The maximum atomic E-state index is 14.0. The Morgan fingerprint density at radius 2 is 2.03 bits per heavy atom. The van der Waals surface area contributed by atoms with E-state index in [-0.39, 0.29) is 33.5 Å². The molecule has 1 saturated heterocycles. The highest BCUT2D eigenvalue weighted by Crippen LogP contribution is 2.35. The summed E-state index contributed by atoms with van der Waals surface area (Å²) in [6.45, 7) is 2.66. The van der Waals surface area contributed by atoms with E-state index in [9.17, 15) is 17.6 Å². The van der Waals surface area contributed by atoms with Crippen LogP contribution in [0.2, 0.25) is 5.02 Å². The molecule has 1 amide bonds. The molecule has 1 aliphatic heterocycles. The number of carbonyl (C=O) groups is 1. The monoisotopic (exact) mass is 509 g/mol. The van der Waals surface area contributed by atoms with E-state index in [1.54, 1.807) is 17.5 Å². The number of hydrogen-bond donors (Lipinski definition) is 3. The number of amides is 1. The van der Waals surface area contributed by atoms with E-state index in [4.69, 9.17) is 11.6 Å². The molecule has 0 spiro atoms. The Labute approximate surface area is 199 Å². The molecule has 1 atom stereocenters. The molecule has 0 aliphatic carbocycles. The maximum Gasteiger partial charge on any atom is 0.263 e. The Kier molecular flexibility index (Phi) is 6.73. The molecule has 0 bridgehead atoms. The van der Waals surface area contributed by atoms with Gasteiger partial charge in [0.05, 0.1) is 32.5 Å². The largest absolute Gasteiger partial charge is 0.368 e. The van der Waals surface area contributed by atoms with E-state index in [0.717, 1.165) is 6.42 Å². The molecule has 174 valence electrons. The summed E-state index contributed by atoms with van der Waals surface area (Å²) in [5, 5.41) is 7.83. The minimum Gasteiger partial charge on any atom is -0.368 e. The van der Waals surface area contributed by atoms with E-state index in [0.29, 0.717) is 30.2 Å². The molecule has 1 unspecified atom stereocenters. The lowest BCUT2D eigenvalue weighted by Gasteiger charge is -2.23. The summed E-state index contributed by atoms with van der Waals surface area (Å²) in [5.41, 5.74) is 3.23. The molecule has 1 aliphatic rings. The second-order valence-electron chi connectivity index (χ2n) is 7.54. The number of carbonyl (C=O) groups excluding carboxylic acids is 1. The number of nitrogens with one attached hydrogen (secondary N) is 3. The first kappa shape index (κ1) is 23.3. The fraction of sp³-hybridized carbons (Fsp3) is 0.238. The molecular formula is C21H21ClFN5O3S2. The predicted octanol–water partition coefficient (Wildman–Crippen LogP) is 4.19. The van der Waals surface area contributed by atoms with Gasteiger partial charge in [0.1, 0.15) is 5.82 Å². The van der Waals surface area contributed by atoms with Crippen molar-refractivity contribution in [3.8, 4) is 0 Å². The molecule has 1 fully saturated rings. The van der Waals surface area contributed by atoms with E-state index < -0.39 is 10.0 Å². The van der Waals surface area contributed by atoms with Crippen LogP contribution >= 0.6 is 22.9 Å². The minimum atomic E-state index is -3.85. The van der Waals surface area contributed by atoms with Crippen molar-refractivity contribution < 1.29 is 17.6 Å². The van der Waals surface area contributed by atoms with Crippen LogP contribution in [0.5, 0.6) is 0 Å². The maximum absolute atomic E-state index is 14.0. The first-order chi connectivity index (χ1) is 15.7. The fourth-order valence-electron chi connectivity index (χ4n) is 3.63. The molecule has 2 aromatic carbocycles. The number of benzene rings is 2. The molecule has 0 radical (unpaired) electrons. The zero-order chi connectivity index (χ0) is 23.6. The fourth-order valence-corrected chi connectivity index (χ4v) is 5.50. The molecule has 12 heteroatoms. The number of aromatic nitrogens is 1. The SMILES string of the molecule is CC(=O)NC1CCN(c2cc(F)ccc2Nc2ccc(S(=O)(=O)Nc3cscn3)cc2Cl)C1. The quantitative estimate of drug-likeness (QED) is 0.441. The van der Waals surface area contributed by atoms with Gasteiger partial charge in [-0.05, 0) is 42.8 Å². The van der Waals surface area contributed by atoms with Gasteiger partial charge in [0.25, 0.3) is 10.0 Å². The van der Waals surface area contributed by atoms with E-state index in [1.807, 2.05) is 4.90 Å². The van der Waals surface area contributed by atoms with Gasteiger partial charge < -0.3 is 15.5 Å². The Bertz CT molecular complexity index is 1270. The van der Waals surface area contributed by atoms with E-state index >= 15 is 0 Å². The Morgan fingerprint density at radius 1 is 1.24 bits per heavy atom. The third kappa shape index (κ3) is 5.55. The summed E-state index contributed by atoms with van der Waals surface area (Å²) in [7, 11) is -3.85. The van der Waals surface area contributed by atoms with Crippen LogP contribution in [-0.4, -0.2) is 38.4 Å². The number of halogens is 2. The van der Waals surface area contributed by atoms with Crippen molar-refractivity contribution >= 4 is 61.7 Å². The van der Waals surface area contributed by atoms with Crippen molar-refractivity contribution in [1.82, 2.24) is 10.3 Å². The first-order valence-corrected chi connectivity index (χ1v) is 12.8. The van der Waals surface area contributed by atoms with Crippen LogP contribution in [0.1, 0.15) is 13.3 Å². The lowest BCUT2D eigenvalue weighted by Crippen LogP contribution is -2.35. The average molecular weight is 510 g/mol. The molecule has 1 aromatic heterocycles. The van der Waals surface area contributed by atoms with Gasteiger partial charge in [-0.25, -0.2) is 17.8 Å². The predicted molar refractivity (Wildman–Crippen MR) is 128 cm³/mol. The summed E-state index contributed by atoms with van der Waals surface area (Å²) >= 11 is 7.66. The smallest absolute Gasteiger partial charge is 0.263 e. The standard InChI is InChI=1S/C21H21ClFN5O3S2/c1-13(29)25-15-6-7-28(10-15)20-8-14(23)2-4-19(20)26-18-5-3-16(9-17(18)22)33(30,31)27-21-11-32-12-24-21/h2-5,8-9,11-12,15,26-27H,6-7,10H2,1H3,(H,25,29). The molecule has 8 nitrogen and oxygen atoms in total. The number of thiazole rings is 1. The number of nitrogens with zero attached hydrogens (tertiary/aromatic N) is 2. The summed E-state index contributed by atoms with van der Waals surface area (Å²) in [6.07, 6.45) is 0.745. The van der Waals surface area contributed by atoms with Crippen LogP contribution in [-0.2, 0) is 14.8 Å². The van der Waals surface area contributed by atoms with Crippen LogP contribution in [0, 0.1) is 5.82 Å². The molecular weight excluding hydrogens is 489 g/mol. The molecule has 33 heavy (non-hydrogen) atoms. The zero-order valence-corrected chi connectivity index (χ0v) is 19.9. The van der Waals surface area contributed by atoms with Crippen LogP contribution < -0.4 is 20.3 Å². The van der Waals surface area contributed by atoms with Crippen molar-refractivity contribution in [2.45, 2.75) is 24.3 Å². The molecule has 4 rings (SSSR count). The van der Waals surface area contributed by atoms with Gasteiger partial charge in [0.2, 0.25) is 5.91 Å². The van der Waals surface area contributed by atoms with Gasteiger partial charge in [0, 0.05) is 31.4 Å². The average Bonchev–Trinajstić information content (AvgIpc) is 3.42. The highest BCUT2D eigenvalue weighted by molar-refractivity contribution is 7.92. The minimum absolute atomic E-state index is 0.0110. The highest BCUT2D eigenvalue weighted by atomic mass is 35.5. The van der Waals surface area contributed by atoms with Gasteiger partial charge in [-0.3, -0.25) is 9.52 Å². The topological polar surface area (TPSA) is 103 Å². The Balaban J connectivity index is 1.55. The Hall–Kier alpha value is -2.89. The molecule has 3 N–H and O–H groups in total. The second-order valence-corrected chi connectivity index (χ2v) is 10.3. The van der Waals surface area contributed by atoms with Crippen molar-refractivity contribution in [3.05, 3.63) is 58.1 Å². The highest BCUT2D eigenvalue weighted by Gasteiger charge is 2.25. The summed E-state index contributed by atoms with van der Waals surface area (Å²) < 4.78 is 41.6. The lowest BCUT2D eigenvalue weighted by atomic mass is 10.2. The zero-order valence-electron chi connectivity index (χ0n) is 17.5. The third-order valence-electron chi connectivity index (χ3n) is 5.09. The van der Waals surface area contributed by atoms with Gasteiger partial charge in [-0.15, -0.1) is 11.3 Å². The van der Waals surface area contributed by atoms with Gasteiger partial charge in [-0.1, -0.05) is 11.6 Å².